The highest BCUT2D eigenvalue weighted by molar-refractivity contribution is 7.98. The summed E-state index contributed by atoms with van der Waals surface area (Å²) in [7, 11) is 0. The smallest absolute Gasteiger partial charge is 0.141 e. The Kier molecular flexibility index (Phi) is 3.88. The predicted molar refractivity (Wildman–Crippen MR) is 78.4 cm³/mol. The second-order valence-corrected chi connectivity index (χ2v) is 5.44. The van der Waals surface area contributed by atoms with Crippen LogP contribution in [0.15, 0.2) is 29.2 Å². The van der Waals surface area contributed by atoms with Crippen LogP contribution < -0.4 is 5.73 Å². The van der Waals surface area contributed by atoms with E-state index < -0.39 is 0 Å². The third kappa shape index (κ3) is 2.35. The van der Waals surface area contributed by atoms with Crippen LogP contribution in [-0.2, 0) is 0 Å². The molecule has 1 unspecified atom stereocenters. The van der Waals surface area contributed by atoms with E-state index in [2.05, 4.69) is 42.5 Å². The zero-order valence-corrected chi connectivity index (χ0v) is 12.2. The molecule has 0 fully saturated rings. The fraction of sp³-hybridized carbons (Fsp3) is 0.308. The number of rotatable bonds is 3. The van der Waals surface area contributed by atoms with E-state index in [9.17, 15) is 0 Å². The molecule has 0 saturated carbocycles. The minimum Gasteiger partial charge on any atom is -0.383 e. The zero-order valence-electron chi connectivity index (χ0n) is 10.6. The van der Waals surface area contributed by atoms with Gasteiger partial charge < -0.3 is 5.73 Å². The number of aromatic nitrogens is 2. The van der Waals surface area contributed by atoms with Gasteiger partial charge in [-0.1, -0.05) is 23.7 Å². The summed E-state index contributed by atoms with van der Waals surface area (Å²) in [6.45, 7) is 3.92. The normalized spacial score (nSPS) is 12.7. The SMILES string of the molecule is CSc1ccc(C(C)n2nc(C)c(Cl)c2N)cc1. The number of benzene rings is 1. The lowest BCUT2D eigenvalue weighted by Crippen LogP contribution is -2.11. The zero-order chi connectivity index (χ0) is 13.3. The standard InChI is InChI=1S/C13H16ClN3S/c1-8-12(14)13(15)17(16-8)9(2)10-4-6-11(18-3)7-5-10/h4-7,9H,15H2,1-3H3. The van der Waals surface area contributed by atoms with E-state index in [1.807, 2.05) is 6.92 Å². The van der Waals surface area contributed by atoms with Crippen LogP contribution in [0.4, 0.5) is 5.82 Å². The highest BCUT2D eigenvalue weighted by Gasteiger charge is 2.16. The molecule has 0 bridgehead atoms. The lowest BCUT2D eigenvalue weighted by Gasteiger charge is -2.14. The summed E-state index contributed by atoms with van der Waals surface area (Å²) < 4.78 is 1.77. The molecule has 0 aliphatic heterocycles. The first-order valence-electron chi connectivity index (χ1n) is 5.68. The lowest BCUT2D eigenvalue weighted by atomic mass is 10.1. The summed E-state index contributed by atoms with van der Waals surface area (Å²) in [5.74, 6) is 0.524. The minimum atomic E-state index is 0.0760. The van der Waals surface area contributed by atoms with E-state index in [1.54, 1.807) is 16.4 Å². The molecule has 0 saturated heterocycles. The fourth-order valence-corrected chi connectivity index (χ4v) is 2.40. The third-order valence-corrected chi connectivity index (χ3v) is 4.22. The maximum absolute atomic E-state index is 6.07. The van der Waals surface area contributed by atoms with Crippen molar-refractivity contribution in [2.24, 2.45) is 0 Å². The van der Waals surface area contributed by atoms with Gasteiger partial charge in [0.1, 0.15) is 10.8 Å². The molecule has 2 rings (SSSR count). The van der Waals surface area contributed by atoms with Gasteiger partial charge in [0.25, 0.3) is 0 Å². The van der Waals surface area contributed by atoms with Crippen molar-refractivity contribution in [1.82, 2.24) is 9.78 Å². The molecule has 0 aliphatic carbocycles. The average molecular weight is 282 g/mol. The van der Waals surface area contributed by atoms with E-state index in [1.165, 1.54) is 10.5 Å². The van der Waals surface area contributed by atoms with Gasteiger partial charge in [-0.2, -0.15) is 5.10 Å². The van der Waals surface area contributed by atoms with E-state index in [0.717, 1.165) is 5.69 Å². The molecule has 0 amide bonds. The van der Waals surface area contributed by atoms with Gasteiger partial charge in [0, 0.05) is 4.90 Å². The van der Waals surface area contributed by atoms with Crippen LogP contribution in [0.2, 0.25) is 5.02 Å². The summed E-state index contributed by atoms with van der Waals surface area (Å²) in [4.78, 5) is 1.24. The molecule has 1 atom stereocenters. The molecule has 0 spiro atoms. The maximum atomic E-state index is 6.07. The first-order chi connectivity index (χ1) is 8.54. The molecule has 2 aromatic rings. The van der Waals surface area contributed by atoms with Crippen molar-refractivity contribution in [3.63, 3.8) is 0 Å². The van der Waals surface area contributed by atoms with Crippen molar-refractivity contribution in [2.75, 3.05) is 12.0 Å². The van der Waals surface area contributed by atoms with Crippen LogP contribution in [0, 0.1) is 6.92 Å². The first kappa shape index (κ1) is 13.3. The van der Waals surface area contributed by atoms with Crippen molar-refractivity contribution in [2.45, 2.75) is 24.8 Å². The van der Waals surface area contributed by atoms with Crippen LogP contribution in [0.5, 0.6) is 0 Å². The average Bonchev–Trinajstić information content (AvgIpc) is 2.66. The van der Waals surface area contributed by atoms with Gasteiger partial charge in [-0.15, -0.1) is 11.8 Å². The monoisotopic (exact) mass is 281 g/mol. The van der Waals surface area contributed by atoms with E-state index in [-0.39, 0.29) is 6.04 Å². The molecule has 0 aliphatic rings. The summed E-state index contributed by atoms with van der Waals surface area (Å²) >= 11 is 7.79. The molecule has 0 radical (unpaired) electrons. The number of halogens is 1. The van der Waals surface area contributed by atoms with Crippen LogP contribution in [-0.4, -0.2) is 16.0 Å². The number of hydrogen-bond acceptors (Lipinski definition) is 3. The van der Waals surface area contributed by atoms with E-state index in [4.69, 9.17) is 17.3 Å². The van der Waals surface area contributed by atoms with Gasteiger partial charge in [0.05, 0.1) is 11.7 Å². The van der Waals surface area contributed by atoms with Crippen molar-refractivity contribution in [3.05, 3.63) is 40.5 Å². The summed E-state index contributed by atoms with van der Waals surface area (Å²) in [5, 5.41) is 4.93. The molecule has 1 aromatic carbocycles. The van der Waals surface area contributed by atoms with E-state index in [0.29, 0.717) is 10.8 Å². The van der Waals surface area contributed by atoms with Crippen molar-refractivity contribution in [1.29, 1.82) is 0 Å². The van der Waals surface area contributed by atoms with Gasteiger partial charge in [-0.25, -0.2) is 4.68 Å². The number of nitrogen functional groups attached to an aromatic ring is 1. The van der Waals surface area contributed by atoms with Gasteiger partial charge in [0.15, 0.2) is 0 Å². The largest absolute Gasteiger partial charge is 0.383 e. The number of anilines is 1. The lowest BCUT2D eigenvalue weighted by molar-refractivity contribution is 0.568. The first-order valence-corrected chi connectivity index (χ1v) is 7.29. The van der Waals surface area contributed by atoms with Crippen LogP contribution in [0.3, 0.4) is 0 Å². The van der Waals surface area contributed by atoms with Gasteiger partial charge in [-0.3, -0.25) is 0 Å². The topological polar surface area (TPSA) is 43.8 Å². The van der Waals surface area contributed by atoms with Gasteiger partial charge in [0.2, 0.25) is 0 Å². The third-order valence-electron chi connectivity index (χ3n) is 3.01. The number of nitrogens with two attached hydrogens (primary N) is 1. The molecular formula is C13H16ClN3S. The number of nitrogens with zero attached hydrogens (tertiary/aromatic N) is 2. The Bertz CT molecular complexity index is 548. The Morgan fingerprint density at radius 1 is 1.33 bits per heavy atom. The molecule has 18 heavy (non-hydrogen) atoms. The highest BCUT2D eigenvalue weighted by atomic mass is 35.5. The molecule has 1 heterocycles. The molecule has 3 nitrogen and oxygen atoms in total. The van der Waals surface area contributed by atoms with E-state index >= 15 is 0 Å². The Morgan fingerprint density at radius 3 is 2.39 bits per heavy atom. The molecule has 96 valence electrons. The Morgan fingerprint density at radius 2 is 1.94 bits per heavy atom. The number of aryl methyl sites for hydroxylation is 1. The number of hydrogen-bond donors (Lipinski definition) is 1. The Balaban J connectivity index is 2.34. The Hall–Kier alpha value is -1.13. The van der Waals surface area contributed by atoms with Crippen LogP contribution >= 0.6 is 23.4 Å². The molecule has 1 aromatic heterocycles. The quantitative estimate of drug-likeness (QED) is 0.871. The maximum Gasteiger partial charge on any atom is 0.141 e. The summed E-state index contributed by atoms with van der Waals surface area (Å²) in [5.41, 5.74) is 7.89. The second kappa shape index (κ2) is 5.24. The highest BCUT2D eigenvalue weighted by Crippen LogP contribution is 2.28. The summed E-state index contributed by atoms with van der Waals surface area (Å²) in [6, 6.07) is 8.48. The van der Waals surface area contributed by atoms with Crippen LogP contribution in [0.1, 0.15) is 24.2 Å². The number of thioether (sulfide) groups is 1. The Labute approximate surface area is 116 Å². The van der Waals surface area contributed by atoms with Gasteiger partial charge in [-0.05, 0) is 37.8 Å². The second-order valence-electron chi connectivity index (χ2n) is 4.18. The van der Waals surface area contributed by atoms with Crippen molar-refractivity contribution < 1.29 is 0 Å². The molecule has 5 heteroatoms. The predicted octanol–water partition coefficient (Wildman–Crippen LogP) is 3.76. The fourth-order valence-electron chi connectivity index (χ4n) is 1.86. The molecule has 2 N–H and O–H groups in total. The van der Waals surface area contributed by atoms with Gasteiger partial charge >= 0.3 is 0 Å². The van der Waals surface area contributed by atoms with Crippen molar-refractivity contribution in [3.8, 4) is 0 Å². The summed E-state index contributed by atoms with van der Waals surface area (Å²) in [6.07, 6.45) is 2.06. The minimum absolute atomic E-state index is 0.0760. The van der Waals surface area contributed by atoms with Crippen molar-refractivity contribution >= 4 is 29.2 Å². The van der Waals surface area contributed by atoms with Crippen LogP contribution in [0.25, 0.3) is 0 Å². The molecular weight excluding hydrogens is 266 g/mol.